The minimum atomic E-state index is 0.106. The van der Waals surface area contributed by atoms with E-state index in [1.165, 1.54) is 0 Å². The Morgan fingerprint density at radius 1 is 1.05 bits per heavy atom. The van der Waals surface area contributed by atoms with Crippen LogP contribution in [0.3, 0.4) is 0 Å². The third kappa shape index (κ3) is 4.37. The summed E-state index contributed by atoms with van der Waals surface area (Å²) in [5, 5.41) is 1.28. The standard InChI is InChI=1S/C17H19Cl2NO/c1-3-15(20)8-12-5-7-14(19)10-17(12)21-16-9-13(18)6-4-11(16)2/h4-7,9-10,15H,3,8,20H2,1-2H3. The third-order valence-corrected chi connectivity index (χ3v) is 3.88. The normalized spacial score (nSPS) is 12.2. The van der Waals surface area contributed by atoms with Crippen LogP contribution in [0.4, 0.5) is 0 Å². The molecular formula is C17H19Cl2NO. The average molecular weight is 324 g/mol. The van der Waals surface area contributed by atoms with Gasteiger partial charge in [0.05, 0.1) is 0 Å². The van der Waals surface area contributed by atoms with Crippen LogP contribution in [-0.2, 0) is 6.42 Å². The van der Waals surface area contributed by atoms with E-state index in [1.54, 1.807) is 6.07 Å². The molecule has 0 saturated heterocycles. The minimum absolute atomic E-state index is 0.106. The molecule has 0 radical (unpaired) electrons. The first-order chi connectivity index (χ1) is 9.99. The van der Waals surface area contributed by atoms with Gasteiger partial charge in [-0.3, -0.25) is 0 Å². The number of hydrogen-bond donors (Lipinski definition) is 1. The average Bonchev–Trinajstić information content (AvgIpc) is 2.45. The Bertz CT molecular complexity index is 628. The van der Waals surface area contributed by atoms with E-state index < -0.39 is 0 Å². The highest BCUT2D eigenvalue weighted by atomic mass is 35.5. The Labute approximate surface area is 135 Å². The summed E-state index contributed by atoms with van der Waals surface area (Å²) in [6, 6.07) is 11.3. The number of hydrogen-bond acceptors (Lipinski definition) is 2. The first kappa shape index (κ1) is 16.2. The fraction of sp³-hybridized carbons (Fsp3) is 0.294. The predicted octanol–water partition coefficient (Wildman–Crippen LogP) is 5.37. The Morgan fingerprint density at radius 3 is 2.33 bits per heavy atom. The lowest BCUT2D eigenvalue weighted by Gasteiger charge is -2.16. The van der Waals surface area contributed by atoms with Crippen molar-refractivity contribution in [1.29, 1.82) is 0 Å². The van der Waals surface area contributed by atoms with E-state index in [-0.39, 0.29) is 6.04 Å². The molecule has 112 valence electrons. The number of rotatable bonds is 5. The number of benzene rings is 2. The van der Waals surface area contributed by atoms with Gasteiger partial charge in [0.25, 0.3) is 0 Å². The maximum Gasteiger partial charge on any atom is 0.132 e. The van der Waals surface area contributed by atoms with Crippen LogP contribution in [0.5, 0.6) is 11.5 Å². The number of halogens is 2. The molecule has 2 aromatic rings. The predicted molar refractivity (Wildman–Crippen MR) is 89.7 cm³/mol. The van der Waals surface area contributed by atoms with E-state index in [0.717, 1.165) is 35.5 Å². The summed E-state index contributed by atoms with van der Waals surface area (Å²) >= 11 is 12.1. The molecule has 0 spiro atoms. The van der Waals surface area contributed by atoms with Crippen LogP contribution < -0.4 is 10.5 Å². The fourth-order valence-electron chi connectivity index (χ4n) is 2.02. The van der Waals surface area contributed by atoms with Crippen LogP contribution in [0, 0.1) is 6.92 Å². The van der Waals surface area contributed by atoms with Crippen LogP contribution in [0.1, 0.15) is 24.5 Å². The van der Waals surface area contributed by atoms with Gasteiger partial charge in [0.15, 0.2) is 0 Å². The lowest BCUT2D eigenvalue weighted by Crippen LogP contribution is -2.21. The summed E-state index contributed by atoms with van der Waals surface area (Å²) in [6.07, 6.45) is 1.67. The molecule has 0 bridgehead atoms. The molecule has 1 atom stereocenters. The van der Waals surface area contributed by atoms with Gasteiger partial charge in [-0.05, 0) is 55.2 Å². The molecule has 21 heavy (non-hydrogen) atoms. The quantitative estimate of drug-likeness (QED) is 0.802. The van der Waals surface area contributed by atoms with Crippen molar-refractivity contribution in [2.75, 3.05) is 0 Å². The van der Waals surface area contributed by atoms with Gasteiger partial charge >= 0.3 is 0 Å². The summed E-state index contributed by atoms with van der Waals surface area (Å²) in [6.45, 7) is 4.05. The summed E-state index contributed by atoms with van der Waals surface area (Å²) in [4.78, 5) is 0. The van der Waals surface area contributed by atoms with Crippen molar-refractivity contribution in [3.05, 3.63) is 57.6 Å². The molecule has 2 nitrogen and oxygen atoms in total. The Hall–Kier alpha value is -1.22. The molecule has 4 heteroatoms. The van der Waals surface area contributed by atoms with Gasteiger partial charge in [0.1, 0.15) is 11.5 Å². The molecule has 1 unspecified atom stereocenters. The molecule has 0 aliphatic carbocycles. The molecule has 2 aromatic carbocycles. The van der Waals surface area contributed by atoms with Gasteiger partial charge in [-0.2, -0.15) is 0 Å². The summed E-state index contributed by atoms with van der Waals surface area (Å²) in [5.41, 5.74) is 8.12. The second-order valence-corrected chi connectivity index (χ2v) is 6.01. The zero-order valence-electron chi connectivity index (χ0n) is 12.2. The van der Waals surface area contributed by atoms with Crippen molar-refractivity contribution < 1.29 is 4.74 Å². The maximum atomic E-state index is 6.09. The largest absolute Gasteiger partial charge is 0.457 e. The summed E-state index contributed by atoms with van der Waals surface area (Å²) in [5.74, 6) is 1.47. The number of nitrogens with two attached hydrogens (primary N) is 1. The second-order valence-electron chi connectivity index (χ2n) is 5.14. The van der Waals surface area contributed by atoms with Crippen molar-refractivity contribution in [2.24, 2.45) is 5.73 Å². The van der Waals surface area contributed by atoms with Gasteiger partial charge in [-0.15, -0.1) is 0 Å². The second kappa shape index (κ2) is 7.17. The molecular weight excluding hydrogens is 305 g/mol. The highest BCUT2D eigenvalue weighted by Gasteiger charge is 2.11. The minimum Gasteiger partial charge on any atom is -0.457 e. The van der Waals surface area contributed by atoms with Crippen LogP contribution >= 0.6 is 23.2 Å². The third-order valence-electron chi connectivity index (χ3n) is 3.41. The first-order valence-electron chi connectivity index (χ1n) is 6.97. The molecule has 0 aliphatic rings. The van der Waals surface area contributed by atoms with Gasteiger partial charge in [-0.25, -0.2) is 0 Å². The smallest absolute Gasteiger partial charge is 0.132 e. The molecule has 0 aromatic heterocycles. The molecule has 2 rings (SSSR count). The Kier molecular flexibility index (Phi) is 5.51. The highest BCUT2D eigenvalue weighted by molar-refractivity contribution is 6.31. The molecule has 0 heterocycles. The molecule has 2 N–H and O–H groups in total. The van der Waals surface area contributed by atoms with Crippen molar-refractivity contribution in [3.63, 3.8) is 0 Å². The molecule has 0 aliphatic heterocycles. The summed E-state index contributed by atoms with van der Waals surface area (Å²) in [7, 11) is 0. The van der Waals surface area contributed by atoms with E-state index in [1.807, 2.05) is 37.3 Å². The van der Waals surface area contributed by atoms with Gasteiger partial charge in [0, 0.05) is 16.1 Å². The Morgan fingerprint density at radius 2 is 1.67 bits per heavy atom. The highest BCUT2D eigenvalue weighted by Crippen LogP contribution is 2.32. The van der Waals surface area contributed by atoms with Gasteiger partial charge < -0.3 is 10.5 Å². The van der Waals surface area contributed by atoms with E-state index >= 15 is 0 Å². The maximum absolute atomic E-state index is 6.09. The van der Waals surface area contributed by atoms with Crippen LogP contribution in [0.15, 0.2) is 36.4 Å². The van der Waals surface area contributed by atoms with Crippen LogP contribution in [-0.4, -0.2) is 6.04 Å². The Balaban J connectivity index is 2.33. The topological polar surface area (TPSA) is 35.2 Å². The number of ether oxygens (including phenoxy) is 1. The first-order valence-corrected chi connectivity index (χ1v) is 7.73. The SMILES string of the molecule is CCC(N)Cc1ccc(Cl)cc1Oc1cc(Cl)ccc1C. The summed E-state index contributed by atoms with van der Waals surface area (Å²) < 4.78 is 6.02. The molecule has 0 fully saturated rings. The van der Waals surface area contributed by atoms with Gasteiger partial charge in [-0.1, -0.05) is 42.3 Å². The molecule has 0 saturated carbocycles. The van der Waals surface area contributed by atoms with E-state index in [9.17, 15) is 0 Å². The lowest BCUT2D eigenvalue weighted by atomic mass is 10.0. The zero-order valence-corrected chi connectivity index (χ0v) is 13.7. The van der Waals surface area contributed by atoms with E-state index in [0.29, 0.717) is 10.0 Å². The zero-order chi connectivity index (χ0) is 15.4. The monoisotopic (exact) mass is 323 g/mol. The van der Waals surface area contributed by atoms with E-state index in [2.05, 4.69) is 6.92 Å². The van der Waals surface area contributed by atoms with Crippen molar-refractivity contribution >= 4 is 23.2 Å². The lowest BCUT2D eigenvalue weighted by molar-refractivity contribution is 0.468. The van der Waals surface area contributed by atoms with Crippen LogP contribution in [0.25, 0.3) is 0 Å². The number of aryl methyl sites for hydroxylation is 1. The van der Waals surface area contributed by atoms with Crippen LogP contribution in [0.2, 0.25) is 10.0 Å². The van der Waals surface area contributed by atoms with Crippen molar-refractivity contribution in [1.82, 2.24) is 0 Å². The fourth-order valence-corrected chi connectivity index (χ4v) is 2.35. The van der Waals surface area contributed by atoms with E-state index in [4.69, 9.17) is 33.7 Å². The van der Waals surface area contributed by atoms with Gasteiger partial charge in [0.2, 0.25) is 0 Å². The molecule has 0 amide bonds. The van der Waals surface area contributed by atoms with Crippen molar-refractivity contribution in [3.8, 4) is 11.5 Å². The van der Waals surface area contributed by atoms with Crippen molar-refractivity contribution in [2.45, 2.75) is 32.7 Å².